The second-order valence-electron chi connectivity index (χ2n) is 3.76. The van der Waals surface area contributed by atoms with Gasteiger partial charge in [-0.05, 0) is 36.4 Å². The number of phenols is 1. The molecule has 0 radical (unpaired) electrons. The van der Waals surface area contributed by atoms with Crippen molar-refractivity contribution in [3.05, 3.63) is 51.8 Å². The lowest BCUT2D eigenvalue weighted by molar-refractivity contribution is 0.475. The molecule has 0 bridgehead atoms. The molecule has 0 aliphatic carbocycles. The standard InChI is InChI=1S/C13H7ClO3/c14-7-1-3-9-10(5-7)11-6-8(15)2-4-12(11)17-13(9)16/h1-6,15H. The van der Waals surface area contributed by atoms with Gasteiger partial charge < -0.3 is 9.52 Å². The van der Waals surface area contributed by atoms with Gasteiger partial charge in [0.15, 0.2) is 0 Å². The first-order valence-electron chi connectivity index (χ1n) is 5.00. The van der Waals surface area contributed by atoms with Gasteiger partial charge in [0.25, 0.3) is 0 Å². The van der Waals surface area contributed by atoms with Crippen LogP contribution in [0.4, 0.5) is 0 Å². The molecule has 4 heteroatoms. The summed E-state index contributed by atoms with van der Waals surface area (Å²) in [7, 11) is 0. The van der Waals surface area contributed by atoms with Gasteiger partial charge in [-0.25, -0.2) is 4.79 Å². The van der Waals surface area contributed by atoms with Gasteiger partial charge in [0, 0.05) is 15.8 Å². The molecule has 3 rings (SSSR count). The molecule has 2 aromatic carbocycles. The molecule has 0 aliphatic rings. The van der Waals surface area contributed by atoms with E-state index in [1.165, 1.54) is 6.07 Å². The summed E-state index contributed by atoms with van der Waals surface area (Å²) in [6.45, 7) is 0. The van der Waals surface area contributed by atoms with E-state index in [2.05, 4.69) is 0 Å². The number of benzene rings is 2. The summed E-state index contributed by atoms with van der Waals surface area (Å²) in [5.74, 6) is 0.118. The smallest absolute Gasteiger partial charge is 0.344 e. The zero-order valence-electron chi connectivity index (χ0n) is 8.61. The number of hydrogen-bond donors (Lipinski definition) is 1. The highest BCUT2D eigenvalue weighted by Crippen LogP contribution is 2.27. The van der Waals surface area contributed by atoms with Crippen LogP contribution < -0.4 is 5.63 Å². The molecule has 3 aromatic rings. The number of fused-ring (bicyclic) bond motifs is 3. The average molecular weight is 247 g/mol. The van der Waals surface area contributed by atoms with Crippen molar-refractivity contribution in [3.63, 3.8) is 0 Å². The average Bonchev–Trinajstić information content (AvgIpc) is 2.30. The molecule has 0 fully saturated rings. The normalized spacial score (nSPS) is 11.1. The Bertz CT molecular complexity index is 790. The molecule has 1 N–H and O–H groups in total. The van der Waals surface area contributed by atoms with Crippen LogP contribution in [0, 0.1) is 0 Å². The first-order chi connectivity index (χ1) is 8.15. The van der Waals surface area contributed by atoms with Crippen molar-refractivity contribution in [2.45, 2.75) is 0 Å². The lowest BCUT2D eigenvalue weighted by Crippen LogP contribution is -1.99. The van der Waals surface area contributed by atoms with Crippen molar-refractivity contribution in [2.75, 3.05) is 0 Å². The first kappa shape index (κ1) is 10.2. The third kappa shape index (κ3) is 1.56. The third-order valence-corrected chi connectivity index (χ3v) is 2.89. The topological polar surface area (TPSA) is 50.4 Å². The molecule has 0 atom stereocenters. The zero-order chi connectivity index (χ0) is 12.0. The maximum Gasteiger partial charge on any atom is 0.344 e. The number of rotatable bonds is 0. The maximum absolute atomic E-state index is 11.7. The monoisotopic (exact) mass is 246 g/mol. The highest BCUT2D eigenvalue weighted by Gasteiger charge is 2.08. The quantitative estimate of drug-likeness (QED) is 0.489. The van der Waals surface area contributed by atoms with Crippen LogP contribution in [-0.2, 0) is 0 Å². The molecule has 17 heavy (non-hydrogen) atoms. The molecule has 1 heterocycles. The molecule has 84 valence electrons. The van der Waals surface area contributed by atoms with E-state index in [4.69, 9.17) is 16.0 Å². The molecule has 0 aliphatic heterocycles. The predicted octanol–water partition coefficient (Wildman–Crippen LogP) is 3.31. The maximum atomic E-state index is 11.7. The van der Waals surface area contributed by atoms with Crippen LogP contribution in [0.3, 0.4) is 0 Å². The molecular formula is C13H7ClO3. The molecule has 0 spiro atoms. The SMILES string of the molecule is O=c1oc2ccc(O)cc2c2cc(Cl)ccc12. The Hall–Kier alpha value is -2.00. The Morgan fingerprint density at radius 2 is 1.82 bits per heavy atom. The summed E-state index contributed by atoms with van der Waals surface area (Å²) in [5, 5.41) is 11.8. The van der Waals surface area contributed by atoms with Crippen LogP contribution in [0.2, 0.25) is 5.02 Å². The minimum absolute atomic E-state index is 0.118. The molecule has 0 amide bonds. The van der Waals surface area contributed by atoms with Gasteiger partial charge in [-0.3, -0.25) is 0 Å². The van der Waals surface area contributed by atoms with Gasteiger partial charge in [0.1, 0.15) is 11.3 Å². The summed E-state index contributed by atoms with van der Waals surface area (Å²) in [6, 6.07) is 9.53. The lowest BCUT2D eigenvalue weighted by atomic mass is 10.1. The lowest BCUT2D eigenvalue weighted by Gasteiger charge is -2.03. The molecule has 0 saturated carbocycles. The number of hydrogen-bond acceptors (Lipinski definition) is 3. The van der Waals surface area contributed by atoms with E-state index in [0.29, 0.717) is 26.8 Å². The minimum atomic E-state index is -0.408. The predicted molar refractivity (Wildman–Crippen MR) is 66.7 cm³/mol. The molecule has 0 unspecified atom stereocenters. The Balaban J connectivity index is 2.64. The van der Waals surface area contributed by atoms with Crippen LogP contribution in [0.5, 0.6) is 5.75 Å². The summed E-state index contributed by atoms with van der Waals surface area (Å²) in [4.78, 5) is 11.7. The Morgan fingerprint density at radius 1 is 1.00 bits per heavy atom. The van der Waals surface area contributed by atoms with Crippen molar-refractivity contribution in [2.24, 2.45) is 0 Å². The highest BCUT2D eigenvalue weighted by atomic mass is 35.5. The first-order valence-corrected chi connectivity index (χ1v) is 5.38. The Labute approximate surface area is 101 Å². The van der Waals surface area contributed by atoms with Crippen LogP contribution in [-0.4, -0.2) is 5.11 Å². The Morgan fingerprint density at radius 3 is 2.65 bits per heavy atom. The summed E-state index contributed by atoms with van der Waals surface area (Å²) in [5.41, 5.74) is 0.0254. The van der Waals surface area contributed by atoms with Gasteiger partial charge in [0.2, 0.25) is 0 Å². The van der Waals surface area contributed by atoms with E-state index < -0.39 is 5.63 Å². The van der Waals surface area contributed by atoms with E-state index in [-0.39, 0.29) is 5.75 Å². The van der Waals surface area contributed by atoms with Crippen molar-refractivity contribution in [3.8, 4) is 5.75 Å². The fourth-order valence-electron chi connectivity index (χ4n) is 1.89. The van der Waals surface area contributed by atoms with Gasteiger partial charge >= 0.3 is 5.63 Å². The van der Waals surface area contributed by atoms with Gasteiger partial charge in [-0.2, -0.15) is 0 Å². The number of halogens is 1. The molecule has 0 saturated heterocycles. The second kappa shape index (κ2) is 3.50. The zero-order valence-corrected chi connectivity index (χ0v) is 9.36. The highest BCUT2D eigenvalue weighted by molar-refractivity contribution is 6.31. The van der Waals surface area contributed by atoms with Gasteiger partial charge in [0.05, 0.1) is 5.39 Å². The van der Waals surface area contributed by atoms with Gasteiger partial charge in [-0.1, -0.05) is 11.6 Å². The number of aromatic hydroxyl groups is 1. The minimum Gasteiger partial charge on any atom is -0.508 e. The summed E-state index contributed by atoms with van der Waals surface area (Å²) < 4.78 is 5.16. The largest absolute Gasteiger partial charge is 0.508 e. The molecule has 1 aromatic heterocycles. The van der Waals surface area contributed by atoms with Crippen LogP contribution in [0.1, 0.15) is 0 Å². The molecule has 3 nitrogen and oxygen atoms in total. The summed E-state index contributed by atoms with van der Waals surface area (Å²) in [6.07, 6.45) is 0. The van der Waals surface area contributed by atoms with Crippen LogP contribution >= 0.6 is 11.6 Å². The summed E-state index contributed by atoms with van der Waals surface area (Å²) >= 11 is 5.92. The van der Waals surface area contributed by atoms with Gasteiger partial charge in [-0.15, -0.1) is 0 Å². The number of phenolic OH excluding ortho intramolecular Hbond substituents is 1. The van der Waals surface area contributed by atoms with E-state index in [0.717, 1.165) is 0 Å². The Kier molecular flexibility index (Phi) is 2.09. The second-order valence-corrected chi connectivity index (χ2v) is 4.20. The van der Waals surface area contributed by atoms with E-state index in [9.17, 15) is 9.90 Å². The van der Waals surface area contributed by atoms with Crippen LogP contribution in [0.25, 0.3) is 21.7 Å². The van der Waals surface area contributed by atoms with E-state index in [1.807, 2.05) is 0 Å². The third-order valence-electron chi connectivity index (χ3n) is 2.66. The van der Waals surface area contributed by atoms with Crippen LogP contribution in [0.15, 0.2) is 45.6 Å². The fourth-order valence-corrected chi connectivity index (χ4v) is 2.06. The molecular weight excluding hydrogens is 240 g/mol. The van der Waals surface area contributed by atoms with Crippen molar-refractivity contribution in [1.29, 1.82) is 0 Å². The van der Waals surface area contributed by atoms with Crippen molar-refractivity contribution in [1.82, 2.24) is 0 Å². The fraction of sp³-hybridized carbons (Fsp3) is 0. The van der Waals surface area contributed by atoms with E-state index >= 15 is 0 Å². The van der Waals surface area contributed by atoms with Crippen molar-refractivity contribution < 1.29 is 9.52 Å². The van der Waals surface area contributed by atoms with E-state index in [1.54, 1.807) is 30.3 Å². The van der Waals surface area contributed by atoms with Crippen molar-refractivity contribution >= 4 is 33.3 Å².